The van der Waals surface area contributed by atoms with Crippen molar-refractivity contribution >= 4 is 17.7 Å². The molecule has 28 heavy (non-hydrogen) atoms. The fraction of sp³-hybridized carbons (Fsp3) is 0.211. The minimum Gasteiger partial charge on any atom is -0.481 e. The van der Waals surface area contributed by atoms with Gasteiger partial charge in [-0.25, -0.2) is 18.4 Å². The minimum atomic E-state index is -0.972. The van der Waals surface area contributed by atoms with Crippen LogP contribution in [0.15, 0.2) is 60.0 Å². The third-order valence-electron chi connectivity index (χ3n) is 4.50. The van der Waals surface area contributed by atoms with Crippen LogP contribution in [0, 0.1) is 11.6 Å². The van der Waals surface area contributed by atoms with Gasteiger partial charge in [-0.3, -0.25) is 4.79 Å². The predicted octanol–water partition coefficient (Wildman–Crippen LogP) is 3.40. The van der Waals surface area contributed by atoms with E-state index in [1.807, 2.05) is 0 Å². The SMILES string of the molecule is O=C(O)CSc1ncnn1CC1(c2ccc(F)cc2)OC1c1ccccc1F. The quantitative estimate of drug-likeness (QED) is 0.481. The highest BCUT2D eigenvalue weighted by molar-refractivity contribution is 7.99. The minimum absolute atomic E-state index is 0.167. The summed E-state index contributed by atoms with van der Waals surface area (Å²) in [5, 5.41) is 13.5. The second kappa shape index (κ2) is 7.33. The van der Waals surface area contributed by atoms with Crippen LogP contribution in [0.3, 0.4) is 0 Å². The Kier molecular flexibility index (Phi) is 4.86. The highest BCUT2D eigenvalue weighted by Gasteiger charge is 2.60. The molecule has 2 aromatic carbocycles. The number of nitrogens with zero attached hydrogens (tertiary/aromatic N) is 3. The van der Waals surface area contributed by atoms with Crippen molar-refractivity contribution in [2.24, 2.45) is 0 Å². The molecule has 2 unspecified atom stereocenters. The molecule has 0 aliphatic carbocycles. The molecular formula is C19H15F2N3O3S. The van der Waals surface area contributed by atoms with Crippen LogP contribution in [-0.4, -0.2) is 31.6 Å². The molecule has 1 fully saturated rings. The number of thioether (sulfide) groups is 1. The van der Waals surface area contributed by atoms with Gasteiger partial charge in [-0.1, -0.05) is 42.1 Å². The Morgan fingerprint density at radius 2 is 1.96 bits per heavy atom. The van der Waals surface area contributed by atoms with Crippen LogP contribution in [0.2, 0.25) is 0 Å². The van der Waals surface area contributed by atoms with Gasteiger partial charge in [-0.15, -0.1) is 0 Å². The molecule has 1 aliphatic rings. The van der Waals surface area contributed by atoms with E-state index in [0.29, 0.717) is 16.3 Å². The first kappa shape index (κ1) is 18.6. The van der Waals surface area contributed by atoms with Crippen LogP contribution in [0.25, 0.3) is 0 Å². The van der Waals surface area contributed by atoms with E-state index in [-0.39, 0.29) is 18.1 Å². The van der Waals surface area contributed by atoms with Gasteiger partial charge in [0.2, 0.25) is 0 Å². The number of benzene rings is 2. The summed E-state index contributed by atoms with van der Waals surface area (Å²) in [6.45, 7) is 0.180. The lowest BCUT2D eigenvalue weighted by molar-refractivity contribution is -0.133. The van der Waals surface area contributed by atoms with E-state index in [4.69, 9.17) is 9.84 Å². The van der Waals surface area contributed by atoms with E-state index in [9.17, 15) is 13.6 Å². The van der Waals surface area contributed by atoms with Crippen molar-refractivity contribution in [3.05, 3.63) is 77.6 Å². The summed E-state index contributed by atoms with van der Waals surface area (Å²) in [4.78, 5) is 14.9. The van der Waals surface area contributed by atoms with Crippen molar-refractivity contribution < 1.29 is 23.4 Å². The molecule has 0 spiro atoms. The third kappa shape index (κ3) is 3.50. The summed E-state index contributed by atoms with van der Waals surface area (Å²) in [6, 6.07) is 12.1. The van der Waals surface area contributed by atoms with Gasteiger partial charge in [-0.05, 0) is 23.8 Å². The fourth-order valence-electron chi connectivity index (χ4n) is 3.16. The number of aliphatic carboxylic acids is 1. The molecule has 144 valence electrons. The van der Waals surface area contributed by atoms with Gasteiger partial charge in [0.15, 0.2) is 5.16 Å². The molecule has 1 N–H and O–H groups in total. The first-order valence-corrected chi connectivity index (χ1v) is 9.39. The van der Waals surface area contributed by atoms with Gasteiger partial charge in [0.1, 0.15) is 29.7 Å². The molecule has 1 aliphatic heterocycles. The Balaban J connectivity index is 1.68. The second-order valence-corrected chi connectivity index (χ2v) is 7.24. The second-order valence-electron chi connectivity index (χ2n) is 6.30. The van der Waals surface area contributed by atoms with Crippen LogP contribution < -0.4 is 0 Å². The molecule has 4 rings (SSSR count). The number of hydrogen-bond donors (Lipinski definition) is 1. The van der Waals surface area contributed by atoms with E-state index >= 15 is 0 Å². The van der Waals surface area contributed by atoms with Gasteiger partial charge >= 0.3 is 5.97 Å². The monoisotopic (exact) mass is 403 g/mol. The van der Waals surface area contributed by atoms with E-state index < -0.39 is 23.5 Å². The maximum Gasteiger partial charge on any atom is 0.313 e. The van der Waals surface area contributed by atoms with Crippen molar-refractivity contribution in [1.82, 2.24) is 14.8 Å². The molecule has 1 saturated heterocycles. The molecule has 2 heterocycles. The van der Waals surface area contributed by atoms with Gasteiger partial charge < -0.3 is 9.84 Å². The number of epoxide rings is 1. The van der Waals surface area contributed by atoms with E-state index in [1.165, 1.54) is 29.2 Å². The Morgan fingerprint density at radius 3 is 2.68 bits per heavy atom. The summed E-state index contributed by atoms with van der Waals surface area (Å²) >= 11 is 1.03. The van der Waals surface area contributed by atoms with Crippen molar-refractivity contribution in [1.29, 1.82) is 0 Å². The summed E-state index contributed by atoms with van der Waals surface area (Å²) in [5.74, 6) is -1.92. The zero-order valence-corrected chi connectivity index (χ0v) is 15.3. The Morgan fingerprint density at radius 1 is 1.21 bits per heavy atom. The number of carboxylic acid groups (broad SMARTS) is 1. The highest BCUT2D eigenvalue weighted by Crippen LogP contribution is 2.58. The number of carboxylic acids is 1. The van der Waals surface area contributed by atoms with Gasteiger partial charge in [0.25, 0.3) is 0 Å². The molecule has 6 nitrogen and oxygen atoms in total. The number of halogens is 2. The lowest BCUT2D eigenvalue weighted by Crippen LogP contribution is -2.21. The molecule has 0 saturated carbocycles. The van der Waals surface area contributed by atoms with E-state index in [0.717, 1.165) is 11.8 Å². The van der Waals surface area contributed by atoms with E-state index in [1.54, 1.807) is 30.3 Å². The first-order valence-electron chi connectivity index (χ1n) is 8.40. The zero-order chi connectivity index (χ0) is 19.7. The van der Waals surface area contributed by atoms with Crippen molar-refractivity contribution in [3.63, 3.8) is 0 Å². The highest BCUT2D eigenvalue weighted by atomic mass is 32.2. The van der Waals surface area contributed by atoms with Gasteiger partial charge in [0, 0.05) is 5.56 Å². The van der Waals surface area contributed by atoms with E-state index in [2.05, 4.69) is 10.1 Å². The molecule has 0 radical (unpaired) electrons. The largest absolute Gasteiger partial charge is 0.481 e. The zero-order valence-electron chi connectivity index (χ0n) is 14.5. The lowest BCUT2D eigenvalue weighted by atomic mass is 9.91. The average molecular weight is 403 g/mol. The van der Waals surface area contributed by atoms with Crippen LogP contribution in [0.5, 0.6) is 0 Å². The van der Waals surface area contributed by atoms with Crippen molar-refractivity contribution in [3.8, 4) is 0 Å². The first-order chi connectivity index (χ1) is 13.5. The van der Waals surface area contributed by atoms with Gasteiger partial charge in [-0.2, -0.15) is 5.10 Å². The molecular weight excluding hydrogens is 388 g/mol. The maximum atomic E-state index is 14.3. The van der Waals surface area contributed by atoms with Crippen LogP contribution in [0.4, 0.5) is 8.78 Å². The Hall–Kier alpha value is -2.78. The normalized spacial score (nSPS) is 20.9. The third-order valence-corrected chi connectivity index (χ3v) is 5.47. The number of aromatic nitrogens is 3. The number of rotatable bonds is 7. The fourth-order valence-corrected chi connectivity index (χ4v) is 3.80. The molecule has 9 heteroatoms. The Bertz CT molecular complexity index is 1010. The number of hydrogen-bond acceptors (Lipinski definition) is 5. The smallest absolute Gasteiger partial charge is 0.313 e. The summed E-state index contributed by atoms with van der Waals surface area (Å²) < 4.78 is 35.2. The van der Waals surface area contributed by atoms with Crippen LogP contribution in [0.1, 0.15) is 17.2 Å². The standard InChI is InChI=1S/C19H15F2N3O3S/c20-13-7-5-12(6-8-13)19(17(27-19)14-3-1-2-4-15(14)21)10-24-18(22-11-23-24)28-9-16(25)26/h1-8,11,17H,9-10H2,(H,25,26). The number of ether oxygens (including phenoxy) is 1. The maximum absolute atomic E-state index is 14.3. The summed E-state index contributed by atoms with van der Waals surface area (Å²) in [7, 11) is 0. The van der Waals surface area contributed by atoms with Gasteiger partial charge in [0.05, 0.1) is 12.3 Å². The summed E-state index contributed by atoms with van der Waals surface area (Å²) in [5.41, 5.74) is 0.112. The average Bonchev–Trinajstić information content (AvgIpc) is 3.22. The topological polar surface area (TPSA) is 80.5 Å². The Labute approximate surface area is 163 Å². The van der Waals surface area contributed by atoms with Crippen LogP contribution in [-0.2, 0) is 21.7 Å². The molecule has 0 bridgehead atoms. The van der Waals surface area contributed by atoms with Crippen molar-refractivity contribution in [2.75, 3.05) is 5.75 Å². The predicted molar refractivity (Wildman–Crippen MR) is 96.7 cm³/mol. The van der Waals surface area contributed by atoms with Crippen LogP contribution >= 0.6 is 11.8 Å². The molecule has 1 aromatic heterocycles. The number of carbonyl (C=O) groups is 1. The molecule has 0 amide bonds. The molecule has 2 atom stereocenters. The lowest BCUT2D eigenvalue weighted by Gasteiger charge is -2.15. The molecule has 3 aromatic rings. The van der Waals surface area contributed by atoms with Crippen molar-refractivity contribution in [2.45, 2.75) is 23.4 Å². The summed E-state index contributed by atoms with van der Waals surface area (Å²) in [6.07, 6.45) is 0.740.